The van der Waals surface area contributed by atoms with Crippen molar-refractivity contribution in [2.75, 3.05) is 13.2 Å². The number of carbonyl (C=O) groups is 1. The summed E-state index contributed by atoms with van der Waals surface area (Å²) in [6.07, 6.45) is 12.0. The number of piperidine rings is 1. The fourth-order valence-corrected chi connectivity index (χ4v) is 5.85. The fraction of sp³-hybridized carbons (Fsp3) is 0.913. The number of hydrogen-bond donors (Lipinski definition) is 5. The van der Waals surface area contributed by atoms with Gasteiger partial charge in [-0.2, -0.15) is 0 Å². The first-order valence-electron chi connectivity index (χ1n) is 12.1. The highest BCUT2D eigenvalue weighted by Gasteiger charge is 2.44. The van der Waals surface area contributed by atoms with E-state index in [-0.39, 0.29) is 18.6 Å². The van der Waals surface area contributed by atoms with Crippen molar-refractivity contribution in [3.05, 3.63) is 0 Å². The minimum absolute atomic E-state index is 0.138. The highest BCUT2D eigenvalue weighted by molar-refractivity contribution is 5.67. The van der Waals surface area contributed by atoms with E-state index in [1.807, 2.05) is 6.21 Å². The Hall–Kier alpha value is -1.02. The van der Waals surface area contributed by atoms with Crippen molar-refractivity contribution in [1.29, 1.82) is 0 Å². The van der Waals surface area contributed by atoms with Gasteiger partial charge in [0.2, 0.25) is 0 Å². The molecule has 6 atom stereocenters. The Kier molecular flexibility index (Phi) is 9.11. The maximum atomic E-state index is 10.6. The second-order valence-electron chi connectivity index (χ2n) is 9.95. The van der Waals surface area contributed by atoms with Gasteiger partial charge in [0.25, 0.3) is 0 Å². The van der Waals surface area contributed by atoms with E-state index >= 15 is 0 Å². The molecule has 0 spiro atoms. The number of unbranched alkanes of at least 4 members (excludes halogenated alkanes) is 2. The molecule has 5 N–H and O–H groups in total. The fourth-order valence-electron chi connectivity index (χ4n) is 5.85. The first-order valence-corrected chi connectivity index (χ1v) is 12.1. The van der Waals surface area contributed by atoms with Crippen molar-refractivity contribution in [3.8, 4) is 0 Å². The molecule has 2 fully saturated rings. The maximum Gasteiger partial charge on any atom is 0.305 e. The molecular weight excluding hydrogens is 382 g/mol. The number of hydrogen-bond acceptors (Lipinski definition) is 5. The first kappa shape index (κ1) is 23.6. The summed E-state index contributed by atoms with van der Waals surface area (Å²) in [4.78, 5) is 16.5. The Bertz CT molecular complexity index is 557. The number of aliphatic hydroxyl groups is 2. The Morgan fingerprint density at radius 3 is 2.67 bits per heavy atom. The third kappa shape index (κ3) is 6.74. The normalized spacial score (nSPS) is 37.9. The van der Waals surface area contributed by atoms with Gasteiger partial charge in [-0.15, -0.1) is 0 Å². The molecule has 172 valence electrons. The lowest BCUT2D eigenvalue weighted by Gasteiger charge is -2.45. The molecule has 1 aliphatic carbocycles. The number of nitrogens with zero attached hydrogens (tertiary/aromatic N) is 1. The Labute approximate surface area is 180 Å². The molecule has 1 saturated heterocycles. The Morgan fingerprint density at radius 1 is 1.23 bits per heavy atom. The number of carboxylic acid groups (broad SMARTS) is 1. The minimum atomic E-state index is -0.920. The smallest absolute Gasteiger partial charge is 0.305 e. The number of aliphatic hydroxyl groups excluding tert-OH is 2. The van der Waals surface area contributed by atoms with Gasteiger partial charge < -0.3 is 25.5 Å². The lowest BCUT2D eigenvalue weighted by Crippen LogP contribution is -3.17. The molecule has 0 radical (unpaired) electrons. The van der Waals surface area contributed by atoms with E-state index in [0.29, 0.717) is 24.4 Å². The molecule has 0 aromatic rings. The zero-order valence-corrected chi connectivity index (χ0v) is 18.5. The highest BCUT2D eigenvalue weighted by atomic mass is 16.4. The van der Waals surface area contributed by atoms with Gasteiger partial charge in [-0.05, 0) is 38.0 Å². The minimum Gasteiger partial charge on any atom is -0.481 e. The number of nitrogens with one attached hydrogen (secondary N) is 2. The van der Waals surface area contributed by atoms with Crippen molar-refractivity contribution in [2.24, 2.45) is 16.8 Å². The standard InChI is InChI=1S/C23H41N3O4/c1-16-21(28)14-20(26-12-11-24-15-26)23(25-16)18-9-7-17(8-10-18)5-3-2-4-6-19(27)13-22(29)30/h11,16-21,23,25,27-28H,2-10,12-15H2,1H3,(H,29,30)/p+1. The van der Waals surface area contributed by atoms with Gasteiger partial charge in [0.15, 0.2) is 6.67 Å². The molecule has 0 bridgehead atoms. The average molecular weight is 425 g/mol. The second kappa shape index (κ2) is 11.6. The van der Waals surface area contributed by atoms with Crippen molar-refractivity contribution < 1.29 is 25.0 Å². The van der Waals surface area contributed by atoms with E-state index in [4.69, 9.17) is 5.11 Å². The van der Waals surface area contributed by atoms with Crippen LogP contribution in [0, 0.1) is 11.8 Å². The van der Waals surface area contributed by atoms with E-state index < -0.39 is 12.1 Å². The van der Waals surface area contributed by atoms with Crippen molar-refractivity contribution in [2.45, 2.75) is 108 Å². The van der Waals surface area contributed by atoms with E-state index in [0.717, 1.165) is 38.4 Å². The van der Waals surface area contributed by atoms with Crippen molar-refractivity contribution in [3.63, 3.8) is 0 Å². The molecule has 0 aromatic carbocycles. The van der Waals surface area contributed by atoms with Crippen LogP contribution in [0.2, 0.25) is 0 Å². The Balaban J connectivity index is 1.37. The number of aliphatic imine (C=N–C) groups is 1. The molecule has 6 unspecified atom stereocenters. The molecule has 0 amide bonds. The summed E-state index contributed by atoms with van der Waals surface area (Å²) in [7, 11) is 0. The van der Waals surface area contributed by atoms with Crippen LogP contribution in [0.4, 0.5) is 0 Å². The molecule has 7 heteroatoms. The molecule has 3 rings (SSSR count). The first-order chi connectivity index (χ1) is 14.4. The van der Waals surface area contributed by atoms with Crippen LogP contribution in [0.1, 0.15) is 77.6 Å². The van der Waals surface area contributed by atoms with Gasteiger partial charge >= 0.3 is 5.97 Å². The summed E-state index contributed by atoms with van der Waals surface area (Å²) >= 11 is 0. The van der Waals surface area contributed by atoms with E-state index in [1.165, 1.54) is 43.4 Å². The summed E-state index contributed by atoms with van der Waals surface area (Å²) < 4.78 is 0. The number of rotatable bonds is 10. The van der Waals surface area contributed by atoms with Gasteiger partial charge in [0, 0.05) is 12.5 Å². The quantitative estimate of drug-likeness (QED) is 0.336. The largest absolute Gasteiger partial charge is 0.481 e. The number of quaternary nitrogens is 1. The zero-order chi connectivity index (χ0) is 21.5. The van der Waals surface area contributed by atoms with Crippen molar-refractivity contribution in [1.82, 2.24) is 5.32 Å². The van der Waals surface area contributed by atoms with Crippen LogP contribution in [0.15, 0.2) is 4.99 Å². The van der Waals surface area contributed by atoms with Crippen LogP contribution in [-0.4, -0.2) is 71.1 Å². The van der Waals surface area contributed by atoms with Crippen molar-refractivity contribution >= 4 is 12.2 Å². The summed E-state index contributed by atoms with van der Waals surface area (Å²) in [5.41, 5.74) is 0. The second-order valence-corrected chi connectivity index (χ2v) is 9.95. The van der Waals surface area contributed by atoms with Gasteiger partial charge in [0.1, 0.15) is 12.6 Å². The zero-order valence-electron chi connectivity index (χ0n) is 18.5. The summed E-state index contributed by atoms with van der Waals surface area (Å²) in [5.74, 6) is 0.579. The number of aliphatic carboxylic acids is 1. The average Bonchev–Trinajstić information content (AvgIpc) is 3.24. The molecular formula is C23H42N3O4+. The van der Waals surface area contributed by atoms with Gasteiger partial charge in [-0.25, -0.2) is 4.99 Å². The maximum absolute atomic E-state index is 10.6. The van der Waals surface area contributed by atoms with Crippen LogP contribution in [0.25, 0.3) is 0 Å². The molecule has 2 aliphatic heterocycles. The molecule has 30 heavy (non-hydrogen) atoms. The van der Waals surface area contributed by atoms with E-state index in [2.05, 4.69) is 17.2 Å². The summed E-state index contributed by atoms with van der Waals surface area (Å²) in [5, 5.41) is 32.5. The molecule has 3 aliphatic rings. The lowest BCUT2D eigenvalue weighted by molar-refractivity contribution is -0.914. The molecule has 7 nitrogen and oxygen atoms in total. The van der Waals surface area contributed by atoms with Crippen LogP contribution in [0.3, 0.4) is 0 Å². The predicted octanol–water partition coefficient (Wildman–Crippen LogP) is 0.986. The molecule has 0 aromatic heterocycles. The van der Waals surface area contributed by atoms with Gasteiger partial charge in [-0.3, -0.25) is 4.79 Å². The topological polar surface area (TPSA) is 107 Å². The van der Waals surface area contributed by atoms with Gasteiger partial charge in [0.05, 0.1) is 30.9 Å². The SMILES string of the molecule is CC1NC(C2CCC(CCCCCC(O)CC(=O)O)CC2)C([NH+]2CC=NC2)CC1O. The van der Waals surface area contributed by atoms with Crippen LogP contribution in [0.5, 0.6) is 0 Å². The number of carboxylic acids is 1. The summed E-state index contributed by atoms with van der Waals surface area (Å²) in [6, 6.07) is 1.11. The van der Waals surface area contributed by atoms with E-state index in [1.54, 1.807) is 0 Å². The molecule has 2 heterocycles. The van der Waals surface area contributed by atoms with E-state index in [9.17, 15) is 15.0 Å². The van der Waals surface area contributed by atoms with Crippen LogP contribution < -0.4 is 10.2 Å². The predicted molar refractivity (Wildman–Crippen MR) is 117 cm³/mol. The Morgan fingerprint density at radius 2 is 2.00 bits per heavy atom. The lowest BCUT2D eigenvalue weighted by atomic mass is 9.72. The third-order valence-corrected chi connectivity index (χ3v) is 7.72. The highest BCUT2D eigenvalue weighted by Crippen LogP contribution is 2.36. The monoisotopic (exact) mass is 424 g/mol. The third-order valence-electron chi connectivity index (χ3n) is 7.72. The van der Waals surface area contributed by atoms with Crippen LogP contribution in [-0.2, 0) is 4.79 Å². The van der Waals surface area contributed by atoms with Crippen LogP contribution >= 0.6 is 0 Å². The molecule has 1 saturated carbocycles. The summed E-state index contributed by atoms with van der Waals surface area (Å²) in [6.45, 7) is 3.95. The van der Waals surface area contributed by atoms with Gasteiger partial charge in [-0.1, -0.05) is 38.5 Å².